The van der Waals surface area contributed by atoms with Crippen molar-refractivity contribution in [2.24, 2.45) is 0 Å². The number of hydrogen-bond acceptors (Lipinski definition) is 5. The van der Waals surface area contributed by atoms with E-state index < -0.39 is 5.60 Å². The number of ketones is 1. The van der Waals surface area contributed by atoms with Gasteiger partial charge < -0.3 is 14.2 Å². The zero-order chi connectivity index (χ0) is 17.5. The van der Waals surface area contributed by atoms with Gasteiger partial charge in [-0.15, -0.1) is 0 Å². The SMILES string of the molecule is CC(=O)c1nc2cccnc2n1C1CCN(C(=O)OC(C)(C)C)C1. The molecule has 0 radical (unpaired) electrons. The number of amides is 1. The Morgan fingerprint density at radius 2 is 2.08 bits per heavy atom. The predicted molar refractivity (Wildman–Crippen MR) is 89.0 cm³/mol. The average molecular weight is 330 g/mol. The number of likely N-dealkylation sites (tertiary alicyclic amines) is 1. The van der Waals surface area contributed by atoms with Crippen molar-refractivity contribution in [1.29, 1.82) is 0 Å². The van der Waals surface area contributed by atoms with Crippen molar-refractivity contribution in [1.82, 2.24) is 19.4 Å². The van der Waals surface area contributed by atoms with E-state index in [1.54, 1.807) is 17.2 Å². The van der Waals surface area contributed by atoms with E-state index in [-0.39, 0.29) is 17.9 Å². The molecular formula is C17H22N4O3. The standard InChI is InChI=1S/C17H22N4O3/c1-11(22)14-19-13-6-5-8-18-15(13)21(14)12-7-9-20(10-12)16(23)24-17(2,3)4/h5-6,8,12H,7,9-10H2,1-4H3. The number of carbonyl (C=O) groups is 2. The molecule has 24 heavy (non-hydrogen) atoms. The first kappa shape index (κ1) is 16.4. The lowest BCUT2D eigenvalue weighted by molar-refractivity contribution is 0.0289. The largest absolute Gasteiger partial charge is 0.444 e. The summed E-state index contributed by atoms with van der Waals surface area (Å²) in [5.74, 6) is 0.281. The van der Waals surface area contributed by atoms with E-state index in [9.17, 15) is 9.59 Å². The molecule has 0 aromatic carbocycles. The van der Waals surface area contributed by atoms with Gasteiger partial charge in [0.05, 0.1) is 6.04 Å². The van der Waals surface area contributed by atoms with Gasteiger partial charge in [-0.3, -0.25) is 4.79 Å². The van der Waals surface area contributed by atoms with E-state index in [0.717, 1.165) is 6.42 Å². The van der Waals surface area contributed by atoms with Gasteiger partial charge in [-0.05, 0) is 39.3 Å². The van der Waals surface area contributed by atoms with Crippen LogP contribution in [0.4, 0.5) is 4.79 Å². The van der Waals surface area contributed by atoms with E-state index in [2.05, 4.69) is 9.97 Å². The summed E-state index contributed by atoms with van der Waals surface area (Å²) in [6.07, 6.45) is 2.10. The van der Waals surface area contributed by atoms with Crippen molar-refractivity contribution in [2.75, 3.05) is 13.1 Å². The second-order valence-corrected chi connectivity index (χ2v) is 7.08. The van der Waals surface area contributed by atoms with E-state index in [1.165, 1.54) is 6.92 Å². The van der Waals surface area contributed by atoms with Gasteiger partial charge in [0, 0.05) is 26.2 Å². The van der Waals surface area contributed by atoms with E-state index in [4.69, 9.17) is 4.74 Å². The number of rotatable bonds is 2. The Balaban J connectivity index is 1.88. The third-order valence-corrected chi connectivity index (χ3v) is 3.94. The predicted octanol–water partition coefficient (Wildman–Crippen LogP) is 2.82. The molecule has 1 saturated heterocycles. The Morgan fingerprint density at radius 3 is 2.75 bits per heavy atom. The smallest absolute Gasteiger partial charge is 0.410 e. The van der Waals surface area contributed by atoms with Crippen molar-refractivity contribution < 1.29 is 14.3 Å². The Hall–Kier alpha value is -2.44. The Labute approximate surface area is 140 Å². The van der Waals surface area contributed by atoms with Crippen LogP contribution in [0, 0.1) is 0 Å². The minimum atomic E-state index is -0.525. The van der Waals surface area contributed by atoms with Crippen LogP contribution in [0.3, 0.4) is 0 Å². The number of fused-ring (bicyclic) bond motifs is 1. The number of aromatic nitrogens is 3. The molecule has 1 unspecified atom stereocenters. The highest BCUT2D eigenvalue weighted by molar-refractivity contribution is 5.94. The molecule has 0 saturated carbocycles. The Morgan fingerprint density at radius 1 is 1.33 bits per heavy atom. The number of Topliss-reactive ketones (excluding diaryl/α,β-unsaturated/α-hetero) is 1. The summed E-state index contributed by atoms with van der Waals surface area (Å²) in [6.45, 7) is 8.11. The Kier molecular flexibility index (Phi) is 4.03. The fraction of sp³-hybridized carbons (Fsp3) is 0.529. The molecule has 1 atom stereocenters. The van der Waals surface area contributed by atoms with E-state index in [1.807, 2.05) is 31.4 Å². The highest BCUT2D eigenvalue weighted by Gasteiger charge is 2.33. The zero-order valence-electron chi connectivity index (χ0n) is 14.4. The first-order valence-corrected chi connectivity index (χ1v) is 8.08. The van der Waals surface area contributed by atoms with Gasteiger partial charge in [0.2, 0.25) is 0 Å². The number of hydrogen-bond donors (Lipinski definition) is 0. The second kappa shape index (κ2) is 5.89. The van der Waals surface area contributed by atoms with Crippen LogP contribution in [-0.4, -0.2) is 50.0 Å². The molecule has 1 amide bonds. The normalized spacial score (nSPS) is 18.2. The molecule has 7 heteroatoms. The van der Waals surface area contributed by atoms with Crippen LogP contribution >= 0.6 is 0 Å². The lowest BCUT2D eigenvalue weighted by Gasteiger charge is -2.24. The fourth-order valence-corrected chi connectivity index (χ4v) is 2.97. The van der Waals surface area contributed by atoms with Crippen molar-refractivity contribution in [3.05, 3.63) is 24.2 Å². The summed E-state index contributed by atoms with van der Waals surface area (Å²) in [4.78, 5) is 34.7. The lowest BCUT2D eigenvalue weighted by Crippen LogP contribution is -2.35. The molecule has 2 aromatic heterocycles. The first-order valence-electron chi connectivity index (χ1n) is 8.08. The highest BCUT2D eigenvalue weighted by Crippen LogP contribution is 2.28. The van der Waals surface area contributed by atoms with Gasteiger partial charge in [0.15, 0.2) is 17.3 Å². The topological polar surface area (TPSA) is 77.3 Å². The first-order chi connectivity index (χ1) is 11.3. The summed E-state index contributed by atoms with van der Waals surface area (Å²) in [7, 11) is 0. The van der Waals surface area contributed by atoms with Crippen LogP contribution in [0.15, 0.2) is 18.3 Å². The van der Waals surface area contributed by atoms with Gasteiger partial charge in [0.1, 0.15) is 11.1 Å². The zero-order valence-corrected chi connectivity index (χ0v) is 14.4. The summed E-state index contributed by atoms with van der Waals surface area (Å²) in [5.41, 5.74) is 0.848. The lowest BCUT2D eigenvalue weighted by atomic mass is 10.2. The molecule has 3 heterocycles. The van der Waals surface area contributed by atoms with Crippen molar-refractivity contribution in [3.63, 3.8) is 0 Å². The minimum Gasteiger partial charge on any atom is -0.444 e. The van der Waals surface area contributed by atoms with Gasteiger partial charge in [-0.2, -0.15) is 0 Å². The second-order valence-electron chi connectivity index (χ2n) is 7.08. The molecule has 1 aliphatic rings. The average Bonchev–Trinajstić information content (AvgIpc) is 3.09. The maximum absolute atomic E-state index is 12.3. The van der Waals surface area contributed by atoms with Crippen LogP contribution in [-0.2, 0) is 4.74 Å². The van der Waals surface area contributed by atoms with Crippen molar-refractivity contribution in [2.45, 2.75) is 45.8 Å². The molecule has 0 spiro atoms. The van der Waals surface area contributed by atoms with Gasteiger partial charge in [0.25, 0.3) is 0 Å². The molecule has 2 aromatic rings. The van der Waals surface area contributed by atoms with Crippen LogP contribution in [0.5, 0.6) is 0 Å². The molecule has 0 aliphatic carbocycles. The maximum Gasteiger partial charge on any atom is 0.410 e. The minimum absolute atomic E-state index is 0.0312. The van der Waals surface area contributed by atoms with Gasteiger partial charge >= 0.3 is 6.09 Å². The van der Waals surface area contributed by atoms with Crippen molar-refractivity contribution in [3.8, 4) is 0 Å². The van der Waals surface area contributed by atoms with Crippen molar-refractivity contribution >= 4 is 23.0 Å². The fourth-order valence-electron chi connectivity index (χ4n) is 2.97. The number of ether oxygens (including phenoxy) is 1. The molecule has 1 aliphatic heterocycles. The van der Waals surface area contributed by atoms with Crippen LogP contribution in [0.1, 0.15) is 50.8 Å². The molecule has 7 nitrogen and oxygen atoms in total. The molecule has 1 fully saturated rings. The number of pyridine rings is 1. The van der Waals surface area contributed by atoms with Gasteiger partial charge in [-0.25, -0.2) is 14.8 Å². The maximum atomic E-state index is 12.3. The highest BCUT2D eigenvalue weighted by atomic mass is 16.6. The molecule has 3 rings (SSSR count). The third kappa shape index (κ3) is 3.11. The monoisotopic (exact) mass is 330 g/mol. The number of carbonyl (C=O) groups excluding carboxylic acids is 2. The van der Waals surface area contributed by atoms with Crippen LogP contribution in [0.2, 0.25) is 0 Å². The Bertz CT molecular complexity index is 791. The van der Waals surface area contributed by atoms with E-state index in [0.29, 0.717) is 30.1 Å². The van der Waals surface area contributed by atoms with Crippen LogP contribution < -0.4 is 0 Å². The quantitative estimate of drug-likeness (QED) is 0.791. The third-order valence-electron chi connectivity index (χ3n) is 3.94. The molecule has 128 valence electrons. The molecule has 0 bridgehead atoms. The van der Waals surface area contributed by atoms with Crippen LogP contribution in [0.25, 0.3) is 11.2 Å². The molecule has 0 N–H and O–H groups in total. The summed E-state index contributed by atoms with van der Waals surface area (Å²) in [6, 6.07) is 3.60. The number of nitrogens with zero attached hydrogens (tertiary/aromatic N) is 4. The molecular weight excluding hydrogens is 308 g/mol. The summed E-state index contributed by atoms with van der Waals surface area (Å²) < 4.78 is 7.30. The van der Waals surface area contributed by atoms with Gasteiger partial charge in [-0.1, -0.05) is 0 Å². The summed E-state index contributed by atoms with van der Waals surface area (Å²) >= 11 is 0. The van der Waals surface area contributed by atoms with E-state index >= 15 is 0 Å². The summed E-state index contributed by atoms with van der Waals surface area (Å²) in [5, 5.41) is 0. The number of imidazole rings is 1.